The monoisotopic (exact) mass is 475 g/mol. The number of sulfonamides is 1. The first-order valence-corrected chi connectivity index (χ1v) is 12.5. The zero-order valence-electron chi connectivity index (χ0n) is 19.8. The SMILES string of the molecule is Cc1ccc(S(=O)(=O)Nc2ccc3c(c2)C(=O)N([C@@H](C)CO)C[C@@H](C)[C@H](CN(C)C)O3)cc1. The molecule has 1 aliphatic heterocycles. The Morgan fingerprint density at radius 2 is 1.88 bits per heavy atom. The Kier molecular flexibility index (Phi) is 7.66. The molecule has 0 aromatic heterocycles. The number of fused-ring (bicyclic) bond motifs is 1. The zero-order chi connectivity index (χ0) is 24.3. The van der Waals surface area contributed by atoms with Gasteiger partial charge in [0.1, 0.15) is 11.9 Å². The minimum absolute atomic E-state index is 0.0261. The number of amides is 1. The molecule has 0 saturated heterocycles. The number of hydrogen-bond acceptors (Lipinski definition) is 6. The summed E-state index contributed by atoms with van der Waals surface area (Å²) >= 11 is 0. The number of carbonyl (C=O) groups is 1. The van der Waals surface area contributed by atoms with E-state index in [1.165, 1.54) is 18.2 Å². The second kappa shape index (κ2) is 10.1. The molecule has 9 heteroatoms. The number of rotatable bonds is 7. The van der Waals surface area contributed by atoms with Gasteiger partial charge in [0.25, 0.3) is 15.9 Å². The Morgan fingerprint density at radius 3 is 2.48 bits per heavy atom. The summed E-state index contributed by atoms with van der Waals surface area (Å²) in [6.07, 6.45) is -0.185. The highest BCUT2D eigenvalue weighted by atomic mass is 32.2. The third-order valence-electron chi connectivity index (χ3n) is 5.79. The van der Waals surface area contributed by atoms with Crippen molar-refractivity contribution in [2.75, 3.05) is 38.5 Å². The summed E-state index contributed by atoms with van der Waals surface area (Å²) in [6.45, 7) is 6.59. The molecule has 1 amide bonds. The zero-order valence-corrected chi connectivity index (χ0v) is 20.6. The molecule has 3 atom stereocenters. The van der Waals surface area contributed by atoms with Gasteiger partial charge < -0.3 is 19.6 Å². The standard InChI is InChI=1S/C24H33N3O5S/c1-16-6-9-20(10-7-16)33(30,31)25-19-8-11-22-21(12-19)24(29)27(18(3)15-28)13-17(2)23(32-22)14-26(4)5/h6-12,17-18,23,25,28H,13-15H2,1-5H3/t17-,18+,23+/m1/s1. The molecule has 0 radical (unpaired) electrons. The normalized spacial score (nSPS) is 20.0. The molecule has 2 N–H and O–H groups in total. The molecule has 180 valence electrons. The fourth-order valence-corrected chi connectivity index (χ4v) is 4.84. The average Bonchev–Trinajstić information content (AvgIpc) is 2.76. The number of anilines is 1. The lowest BCUT2D eigenvalue weighted by Gasteiger charge is -2.37. The van der Waals surface area contributed by atoms with Crippen molar-refractivity contribution in [3.63, 3.8) is 0 Å². The van der Waals surface area contributed by atoms with Gasteiger partial charge >= 0.3 is 0 Å². The van der Waals surface area contributed by atoms with Crippen LogP contribution in [0.3, 0.4) is 0 Å². The van der Waals surface area contributed by atoms with Crippen molar-refractivity contribution in [3.05, 3.63) is 53.6 Å². The lowest BCUT2D eigenvalue weighted by molar-refractivity contribution is 0.0363. The van der Waals surface area contributed by atoms with Gasteiger partial charge in [0.2, 0.25) is 0 Å². The van der Waals surface area contributed by atoms with Crippen LogP contribution < -0.4 is 9.46 Å². The lowest BCUT2D eigenvalue weighted by atomic mass is 9.99. The van der Waals surface area contributed by atoms with E-state index in [-0.39, 0.29) is 46.7 Å². The predicted octanol–water partition coefficient (Wildman–Crippen LogP) is 2.58. The topological polar surface area (TPSA) is 99.2 Å². The van der Waals surface area contributed by atoms with Gasteiger partial charge in [-0.2, -0.15) is 0 Å². The Hall–Kier alpha value is -2.62. The molecule has 1 heterocycles. The van der Waals surface area contributed by atoms with E-state index in [9.17, 15) is 18.3 Å². The van der Waals surface area contributed by atoms with Crippen molar-refractivity contribution in [1.29, 1.82) is 0 Å². The minimum atomic E-state index is -3.82. The maximum absolute atomic E-state index is 13.4. The van der Waals surface area contributed by atoms with Gasteiger partial charge in [-0.25, -0.2) is 8.42 Å². The summed E-state index contributed by atoms with van der Waals surface area (Å²) in [5, 5.41) is 9.74. The van der Waals surface area contributed by atoms with Crippen LogP contribution in [0.25, 0.3) is 0 Å². The van der Waals surface area contributed by atoms with Crippen LogP contribution in [-0.2, 0) is 10.0 Å². The van der Waals surface area contributed by atoms with Gasteiger partial charge in [-0.3, -0.25) is 9.52 Å². The van der Waals surface area contributed by atoms with Gasteiger partial charge in [-0.1, -0.05) is 24.6 Å². The lowest BCUT2D eigenvalue weighted by Crippen LogP contribution is -2.49. The van der Waals surface area contributed by atoms with Crippen molar-refractivity contribution in [3.8, 4) is 5.75 Å². The number of nitrogens with zero attached hydrogens (tertiary/aromatic N) is 2. The molecule has 33 heavy (non-hydrogen) atoms. The highest BCUT2D eigenvalue weighted by Gasteiger charge is 2.33. The molecule has 0 bridgehead atoms. The summed E-state index contributed by atoms with van der Waals surface area (Å²) in [4.78, 5) is 17.2. The molecule has 0 unspecified atom stereocenters. The van der Waals surface area contributed by atoms with E-state index in [0.717, 1.165) is 5.56 Å². The number of likely N-dealkylation sites (N-methyl/N-ethyl adjacent to an activating group) is 1. The quantitative estimate of drug-likeness (QED) is 0.639. The van der Waals surface area contributed by atoms with Crippen LogP contribution in [0.4, 0.5) is 5.69 Å². The summed E-state index contributed by atoms with van der Waals surface area (Å²) < 4.78 is 34.5. The van der Waals surface area contributed by atoms with E-state index in [1.807, 2.05) is 32.8 Å². The fraction of sp³-hybridized carbons (Fsp3) is 0.458. The number of carbonyl (C=O) groups excluding carboxylic acids is 1. The summed E-state index contributed by atoms with van der Waals surface area (Å²) in [7, 11) is 0.0899. The van der Waals surface area contributed by atoms with E-state index in [4.69, 9.17) is 4.74 Å². The number of aryl methyl sites for hydroxylation is 1. The maximum atomic E-state index is 13.4. The fourth-order valence-electron chi connectivity index (χ4n) is 3.80. The van der Waals surface area contributed by atoms with E-state index >= 15 is 0 Å². The van der Waals surface area contributed by atoms with E-state index in [2.05, 4.69) is 4.72 Å². The van der Waals surface area contributed by atoms with Crippen molar-refractivity contribution < 1.29 is 23.1 Å². The van der Waals surface area contributed by atoms with E-state index in [1.54, 1.807) is 36.1 Å². The van der Waals surface area contributed by atoms with Crippen LogP contribution in [0.15, 0.2) is 47.4 Å². The van der Waals surface area contributed by atoms with Gasteiger partial charge in [-0.05, 0) is 58.3 Å². The maximum Gasteiger partial charge on any atom is 0.261 e. The Morgan fingerprint density at radius 1 is 1.21 bits per heavy atom. The largest absolute Gasteiger partial charge is 0.488 e. The third-order valence-corrected chi connectivity index (χ3v) is 7.19. The summed E-state index contributed by atoms with van der Waals surface area (Å²) in [5.41, 5.74) is 1.48. The number of benzene rings is 2. The summed E-state index contributed by atoms with van der Waals surface area (Å²) in [6, 6.07) is 10.9. The van der Waals surface area contributed by atoms with Crippen molar-refractivity contribution in [2.24, 2.45) is 5.92 Å². The van der Waals surface area contributed by atoms with Gasteiger partial charge in [-0.15, -0.1) is 0 Å². The highest BCUT2D eigenvalue weighted by Crippen LogP contribution is 2.31. The number of ether oxygens (including phenoxy) is 1. The molecule has 2 aromatic carbocycles. The highest BCUT2D eigenvalue weighted by molar-refractivity contribution is 7.92. The molecule has 0 fully saturated rings. The second-order valence-corrected chi connectivity index (χ2v) is 10.7. The van der Waals surface area contributed by atoms with E-state index < -0.39 is 10.0 Å². The van der Waals surface area contributed by atoms with Crippen LogP contribution >= 0.6 is 0 Å². The van der Waals surface area contributed by atoms with Gasteiger partial charge in [0.05, 0.1) is 23.1 Å². The number of hydrogen-bond donors (Lipinski definition) is 2. The number of nitrogens with one attached hydrogen (secondary N) is 1. The molecule has 0 spiro atoms. The van der Waals surface area contributed by atoms with Crippen LogP contribution in [-0.4, -0.2) is 75.2 Å². The Bertz CT molecular complexity index is 1090. The molecule has 0 aliphatic carbocycles. The first-order chi connectivity index (χ1) is 15.5. The van der Waals surface area contributed by atoms with Crippen molar-refractivity contribution in [2.45, 2.75) is 37.8 Å². The molecular formula is C24H33N3O5S. The molecule has 2 aromatic rings. The molecule has 8 nitrogen and oxygen atoms in total. The first kappa shape index (κ1) is 25.0. The third kappa shape index (κ3) is 5.85. The number of aliphatic hydroxyl groups excluding tert-OH is 1. The second-order valence-electron chi connectivity index (χ2n) is 9.01. The van der Waals surface area contributed by atoms with Crippen LogP contribution in [0.1, 0.15) is 29.8 Å². The van der Waals surface area contributed by atoms with Crippen LogP contribution in [0.2, 0.25) is 0 Å². The van der Waals surface area contributed by atoms with Crippen molar-refractivity contribution in [1.82, 2.24) is 9.80 Å². The predicted molar refractivity (Wildman–Crippen MR) is 128 cm³/mol. The van der Waals surface area contributed by atoms with Crippen LogP contribution in [0, 0.1) is 12.8 Å². The van der Waals surface area contributed by atoms with Crippen LogP contribution in [0.5, 0.6) is 5.75 Å². The smallest absolute Gasteiger partial charge is 0.261 e. The average molecular weight is 476 g/mol. The Balaban J connectivity index is 2.00. The molecule has 3 rings (SSSR count). The molecule has 1 aliphatic rings. The van der Waals surface area contributed by atoms with Gasteiger partial charge in [0.15, 0.2) is 0 Å². The first-order valence-electron chi connectivity index (χ1n) is 11.0. The number of aliphatic hydroxyl groups is 1. The summed E-state index contributed by atoms with van der Waals surface area (Å²) in [5.74, 6) is 0.114. The Labute approximate surface area is 196 Å². The van der Waals surface area contributed by atoms with Crippen molar-refractivity contribution >= 4 is 21.6 Å². The molecular weight excluding hydrogens is 442 g/mol. The molecule has 0 saturated carbocycles. The van der Waals surface area contributed by atoms with Gasteiger partial charge in [0, 0.05) is 24.7 Å². The van der Waals surface area contributed by atoms with E-state index in [0.29, 0.717) is 18.8 Å². The minimum Gasteiger partial charge on any atom is -0.488 e.